The summed E-state index contributed by atoms with van der Waals surface area (Å²) in [6.45, 7) is 5.70. The highest BCUT2D eigenvalue weighted by Crippen LogP contribution is 2.32. The van der Waals surface area contributed by atoms with Gasteiger partial charge in [-0.15, -0.1) is 11.3 Å². The number of nitrogens with zero attached hydrogens (tertiary/aromatic N) is 2. The molecule has 1 atom stereocenters. The van der Waals surface area contributed by atoms with Crippen LogP contribution in [0.1, 0.15) is 40.4 Å². The zero-order valence-electron chi connectivity index (χ0n) is 13.7. The van der Waals surface area contributed by atoms with Crippen molar-refractivity contribution in [2.75, 3.05) is 31.9 Å². The second-order valence-corrected chi connectivity index (χ2v) is 9.89. The minimum atomic E-state index is -3.15. The molecule has 1 aliphatic heterocycles. The highest BCUT2D eigenvalue weighted by Gasteiger charge is 2.29. The Bertz CT molecular complexity index is 688. The molecule has 0 N–H and O–H groups in total. The number of piperazine rings is 1. The van der Waals surface area contributed by atoms with Gasteiger partial charge in [0.05, 0.1) is 10.6 Å². The molecule has 2 heterocycles. The molecule has 23 heavy (non-hydrogen) atoms. The molecule has 1 saturated heterocycles. The second-order valence-electron chi connectivity index (χ2n) is 6.50. The van der Waals surface area contributed by atoms with Crippen LogP contribution in [0.3, 0.4) is 0 Å². The summed E-state index contributed by atoms with van der Waals surface area (Å²) in [5.74, 6) is 0.880. The van der Waals surface area contributed by atoms with E-state index in [1.54, 1.807) is 23.2 Å². The number of thiophene rings is 1. The van der Waals surface area contributed by atoms with Crippen LogP contribution in [0.2, 0.25) is 0 Å². The summed E-state index contributed by atoms with van der Waals surface area (Å²) >= 11 is 1.63. The highest BCUT2D eigenvalue weighted by molar-refractivity contribution is 7.89. The highest BCUT2D eigenvalue weighted by atomic mass is 32.2. The second kappa shape index (κ2) is 6.53. The van der Waals surface area contributed by atoms with Crippen LogP contribution in [0.5, 0.6) is 0 Å². The Morgan fingerprint density at radius 1 is 1.30 bits per heavy atom. The molecule has 1 aliphatic carbocycles. The lowest BCUT2D eigenvalue weighted by Gasteiger charge is -2.33. The summed E-state index contributed by atoms with van der Waals surface area (Å²) in [5.41, 5.74) is 1.34. The first-order valence-corrected chi connectivity index (χ1v) is 10.7. The minimum Gasteiger partial charge on any atom is -0.335 e. The number of aryl methyl sites for hydroxylation is 1. The van der Waals surface area contributed by atoms with Crippen molar-refractivity contribution in [3.05, 3.63) is 21.4 Å². The van der Waals surface area contributed by atoms with Gasteiger partial charge in [0.2, 0.25) is 10.0 Å². The third kappa shape index (κ3) is 3.46. The summed E-state index contributed by atoms with van der Waals surface area (Å²) in [7, 11) is -3.15. The number of hydrogen-bond acceptors (Lipinski definition) is 4. The number of carbonyl (C=O) groups is 1. The molecule has 1 amide bonds. The van der Waals surface area contributed by atoms with Gasteiger partial charge in [-0.05, 0) is 43.7 Å². The molecule has 1 aromatic heterocycles. The Hall–Kier alpha value is -0.920. The Morgan fingerprint density at radius 3 is 2.65 bits per heavy atom. The number of sulfonamides is 1. The Labute approximate surface area is 142 Å². The first-order valence-electron chi connectivity index (χ1n) is 8.29. The van der Waals surface area contributed by atoms with Gasteiger partial charge < -0.3 is 4.90 Å². The number of rotatable bonds is 3. The molecule has 1 fully saturated rings. The molecular weight excluding hydrogens is 332 g/mol. The van der Waals surface area contributed by atoms with E-state index in [4.69, 9.17) is 0 Å². The first-order chi connectivity index (χ1) is 10.9. The van der Waals surface area contributed by atoms with Gasteiger partial charge in [0.25, 0.3) is 5.91 Å². The van der Waals surface area contributed by atoms with Crippen molar-refractivity contribution >= 4 is 27.3 Å². The van der Waals surface area contributed by atoms with Gasteiger partial charge in [0.15, 0.2) is 0 Å². The lowest BCUT2D eigenvalue weighted by molar-refractivity contribution is 0.0703. The van der Waals surface area contributed by atoms with Crippen LogP contribution in [0.15, 0.2) is 6.07 Å². The summed E-state index contributed by atoms with van der Waals surface area (Å²) in [4.78, 5) is 16.7. The molecule has 2 aliphatic rings. The van der Waals surface area contributed by atoms with E-state index >= 15 is 0 Å². The first kappa shape index (κ1) is 16.9. The molecule has 7 heteroatoms. The van der Waals surface area contributed by atoms with Crippen molar-refractivity contribution in [1.29, 1.82) is 0 Å². The van der Waals surface area contributed by atoms with Crippen molar-refractivity contribution in [1.82, 2.24) is 9.21 Å². The van der Waals surface area contributed by atoms with E-state index in [9.17, 15) is 13.2 Å². The molecule has 1 unspecified atom stereocenters. The average Bonchev–Trinajstić information content (AvgIpc) is 2.97. The predicted octanol–water partition coefficient (Wildman–Crippen LogP) is 1.98. The van der Waals surface area contributed by atoms with Crippen LogP contribution in [0, 0.1) is 5.92 Å². The van der Waals surface area contributed by atoms with Crippen LogP contribution in [-0.2, 0) is 22.9 Å². The number of hydrogen-bond donors (Lipinski definition) is 0. The van der Waals surface area contributed by atoms with Gasteiger partial charge in [0, 0.05) is 31.1 Å². The van der Waals surface area contributed by atoms with Gasteiger partial charge in [-0.3, -0.25) is 4.79 Å². The Balaban J connectivity index is 1.66. The van der Waals surface area contributed by atoms with Crippen LogP contribution < -0.4 is 0 Å². The van der Waals surface area contributed by atoms with Crippen LogP contribution in [0.4, 0.5) is 0 Å². The quantitative estimate of drug-likeness (QED) is 0.832. The van der Waals surface area contributed by atoms with Gasteiger partial charge in [-0.2, -0.15) is 4.31 Å². The predicted molar refractivity (Wildman–Crippen MR) is 92.4 cm³/mol. The maximum atomic E-state index is 12.7. The maximum absolute atomic E-state index is 12.7. The molecule has 0 spiro atoms. The Kier molecular flexibility index (Phi) is 4.80. The van der Waals surface area contributed by atoms with Crippen LogP contribution in [-0.4, -0.2) is 55.5 Å². The van der Waals surface area contributed by atoms with Gasteiger partial charge in [-0.25, -0.2) is 8.42 Å². The average molecular weight is 357 g/mol. The fourth-order valence-corrected chi connectivity index (χ4v) is 5.58. The molecule has 5 nitrogen and oxygen atoms in total. The monoisotopic (exact) mass is 356 g/mol. The molecule has 0 radical (unpaired) electrons. The summed E-state index contributed by atoms with van der Waals surface area (Å²) in [5, 5.41) is 0. The molecule has 0 saturated carbocycles. The molecule has 128 valence electrons. The van der Waals surface area contributed by atoms with Crippen LogP contribution in [0.25, 0.3) is 0 Å². The molecular formula is C16H24N2O3S2. The van der Waals surface area contributed by atoms with E-state index in [0.29, 0.717) is 32.1 Å². The maximum Gasteiger partial charge on any atom is 0.264 e. The molecule has 0 bridgehead atoms. The fraction of sp³-hybridized carbons (Fsp3) is 0.688. The van der Waals surface area contributed by atoms with Crippen LogP contribution >= 0.6 is 11.3 Å². The van der Waals surface area contributed by atoms with Crippen molar-refractivity contribution < 1.29 is 13.2 Å². The van der Waals surface area contributed by atoms with Crippen molar-refractivity contribution in [2.45, 2.75) is 33.1 Å². The van der Waals surface area contributed by atoms with Gasteiger partial charge >= 0.3 is 0 Å². The lowest BCUT2D eigenvalue weighted by Crippen LogP contribution is -2.50. The summed E-state index contributed by atoms with van der Waals surface area (Å²) < 4.78 is 25.3. The zero-order chi connectivity index (χ0) is 16.6. The Morgan fingerprint density at radius 2 is 2.00 bits per heavy atom. The SMILES string of the molecule is CCS(=O)(=O)N1CCN(C(=O)c2cc3c(s2)CCC(C)C3)CC1. The number of carbonyl (C=O) groups excluding carboxylic acids is 1. The third-order valence-electron chi connectivity index (χ3n) is 4.82. The van der Waals surface area contributed by atoms with E-state index in [1.807, 2.05) is 0 Å². The zero-order valence-corrected chi connectivity index (χ0v) is 15.4. The molecule has 1 aromatic rings. The van der Waals surface area contributed by atoms with Crippen molar-refractivity contribution in [3.63, 3.8) is 0 Å². The third-order valence-corrected chi connectivity index (χ3v) is 7.93. The van der Waals surface area contributed by atoms with E-state index in [-0.39, 0.29) is 11.7 Å². The summed E-state index contributed by atoms with van der Waals surface area (Å²) in [6.07, 6.45) is 3.35. The molecule has 0 aromatic carbocycles. The van der Waals surface area contributed by atoms with Crippen molar-refractivity contribution in [2.24, 2.45) is 5.92 Å². The van der Waals surface area contributed by atoms with Gasteiger partial charge in [-0.1, -0.05) is 6.92 Å². The van der Waals surface area contributed by atoms with Gasteiger partial charge in [0.1, 0.15) is 0 Å². The normalized spacial score (nSPS) is 22.9. The standard InChI is InChI=1S/C16H24N2O3S2/c1-3-23(20,21)18-8-6-17(7-9-18)16(19)15-11-13-10-12(2)4-5-14(13)22-15/h11-12H,3-10H2,1-2H3. The van der Waals surface area contributed by atoms with E-state index in [0.717, 1.165) is 17.7 Å². The van der Waals surface area contributed by atoms with E-state index < -0.39 is 10.0 Å². The number of amides is 1. The van der Waals surface area contributed by atoms with E-state index in [2.05, 4.69) is 13.0 Å². The van der Waals surface area contributed by atoms with E-state index in [1.165, 1.54) is 21.2 Å². The summed E-state index contributed by atoms with van der Waals surface area (Å²) in [6, 6.07) is 2.06. The van der Waals surface area contributed by atoms with Crippen molar-refractivity contribution in [3.8, 4) is 0 Å². The largest absolute Gasteiger partial charge is 0.335 e. The lowest BCUT2D eigenvalue weighted by atomic mass is 9.90. The smallest absolute Gasteiger partial charge is 0.264 e. The fourth-order valence-electron chi connectivity index (χ4n) is 3.32. The molecule has 3 rings (SSSR count). The number of fused-ring (bicyclic) bond motifs is 1. The topological polar surface area (TPSA) is 57.7 Å². The minimum absolute atomic E-state index is 0.0607.